The van der Waals surface area contributed by atoms with Crippen molar-refractivity contribution in [3.63, 3.8) is 0 Å². The summed E-state index contributed by atoms with van der Waals surface area (Å²) in [5.74, 6) is -0.323. The second-order valence-electron chi connectivity index (χ2n) is 4.01. The van der Waals surface area contributed by atoms with Gasteiger partial charge in [0.05, 0.1) is 6.67 Å². The molecule has 1 atom stereocenters. The molecular weight excluding hydrogens is 331 g/mol. The summed E-state index contributed by atoms with van der Waals surface area (Å²) < 4.78 is 23.5. The zero-order chi connectivity index (χ0) is 14.5. The number of hydrogen-bond acceptors (Lipinski definition) is 4. The van der Waals surface area contributed by atoms with Crippen molar-refractivity contribution in [2.45, 2.75) is 12.5 Å². The third kappa shape index (κ3) is 3.36. The first-order valence-electron chi connectivity index (χ1n) is 5.84. The van der Waals surface area contributed by atoms with Crippen molar-refractivity contribution < 1.29 is 18.4 Å². The van der Waals surface area contributed by atoms with E-state index in [0.717, 1.165) is 4.47 Å². The van der Waals surface area contributed by atoms with E-state index in [1.165, 1.54) is 6.26 Å². The highest BCUT2D eigenvalue weighted by molar-refractivity contribution is 9.10. The highest BCUT2D eigenvalue weighted by atomic mass is 79.9. The number of halogens is 2. The Balaban J connectivity index is 2.34. The molecule has 0 aliphatic carbocycles. The Morgan fingerprint density at radius 2 is 2.30 bits per heavy atom. The second-order valence-corrected chi connectivity index (χ2v) is 4.93. The molecule has 2 rings (SSSR count). The Labute approximate surface area is 123 Å². The van der Waals surface area contributed by atoms with Crippen molar-refractivity contribution in [2.75, 3.05) is 6.67 Å². The standard InChI is InChI=1S/C13H12BrFN2O3/c14-8-1-2-11(20-12(3-5-15)13(16)18)9(7-8)10-4-6-19-17-10/h1-2,4,6-7,12H,3,5H2,(H2,16,18). The number of ether oxygens (including phenoxy) is 1. The lowest BCUT2D eigenvalue weighted by atomic mass is 10.1. The Kier molecular flexibility index (Phi) is 4.73. The highest BCUT2D eigenvalue weighted by Crippen LogP contribution is 2.32. The first kappa shape index (κ1) is 14.5. The van der Waals surface area contributed by atoms with Gasteiger partial charge in [-0.3, -0.25) is 9.18 Å². The highest BCUT2D eigenvalue weighted by Gasteiger charge is 2.20. The Hall–Kier alpha value is -1.89. The summed E-state index contributed by atoms with van der Waals surface area (Å²) in [6.07, 6.45) is 0.309. The van der Waals surface area contributed by atoms with Crippen molar-refractivity contribution >= 4 is 21.8 Å². The summed E-state index contributed by atoms with van der Waals surface area (Å²) in [7, 11) is 0. The van der Waals surface area contributed by atoms with Crippen LogP contribution in [0.1, 0.15) is 6.42 Å². The molecule has 7 heteroatoms. The molecule has 0 aliphatic rings. The predicted molar refractivity (Wildman–Crippen MR) is 73.8 cm³/mol. The van der Waals surface area contributed by atoms with Crippen LogP contribution in [0, 0.1) is 0 Å². The van der Waals surface area contributed by atoms with Gasteiger partial charge in [0.2, 0.25) is 0 Å². The van der Waals surface area contributed by atoms with Crippen LogP contribution in [0.4, 0.5) is 4.39 Å². The first-order chi connectivity index (χ1) is 9.61. The molecular formula is C13H12BrFN2O3. The van der Waals surface area contributed by atoms with Gasteiger partial charge in [-0.2, -0.15) is 0 Å². The quantitative estimate of drug-likeness (QED) is 0.875. The van der Waals surface area contributed by atoms with Gasteiger partial charge < -0.3 is 15.0 Å². The summed E-state index contributed by atoms with van der Waals surface area (Å²) in [5.41, 5.74) is 6.36. The summed E-state index contributed by atoms with van der Waals surface area (Å²) in [6, 6.07) is 6.82. The van der Waals surface area contributed by atoms with Gasteiger partial charge >= 0.3 is 0 Å². The summed E-state index contributed by atoms with van der Waals surface area (Å²) in [5, 5.41) is 3.82. The lowest BCUT2D eigenvalue weighted by Crippen LogP contribution is -2.34. The van der Waals surface area contributed by atoms with Gasteiger partial charge in [0.1, 0.15) is 17.7 Å². The second kappa shape index (κ2) is 6.51. The molecule has 1 heterocycles. The maximum Gasteiger partial charge on any atom is 0.258 e. The number of amides is 1. The molecule has 20 heavy (non-hydrogen) atoms. The molecule has 0 bridgehead atoms. The zero-order valence-corrected chi connectivity index (χ0v) is 12.0. The smallest absolute Gasteiger partial charge is 0.258 e. The van der Waals surface area contributed by atoms with Gasteiger partial charge in [-0.25, -0.2) is 0 Å². The molecule has 0 fully saturated rings. The fraction of sp³-hybridized carbons (Fsp3) is 0.231. The van der Waals surface area contributed by atoms with Crippen LogP contribution in [0.3, 0.4) is 0 Å². The lowest BCUT2D eigenvalue weighted by molar-refractivity contribution is -0.125. The van der Waals surface area contributed by atoms with E-state index in [-0.39, 0.29) is 6.42 Å². The van der Waals surface area contributed by atoms with E-state index < -0.39 is 18.7 Å². The molecule has 1 aromatic carbocycles. The van der Waals surface area contributed by atoms with Crippen LogP contribution in [0.15, 0.2) is 39.5 Å². The molecule has 1 unspecified atom stereocenters. The average Bonchev–Trinajstić information content (AvgIpc) is 2.93. The van der Waals surface area contributed by atoms with Crippen LogP contribution >= 0.6 is 15.9 Å². The van der Waals surface area contributed by atoms with E-state index >= 15 is 0 Å². The van der Waals surface area contributed by atoms with Crippen LogP contribution in [0.25, 0.3) is 11.3 Å². The van der Waals surface area contributed by atoms with Gasteiger partial charge in [0.25, 0.3) is 5.91 Å². The minimum Gasteiger partial charge on any atom is -0.480 e. The maximum absolute atomic E-state index is 12.4. The van der Waals surface area contributed by atoms with Crippen LogP contribution in [-0.2, 0) is 4.79 Å². The van der Waals surface area contributed by atoms with Crippen LogP contribution in [0.2, 0.25) is 0 Å². The number of primary amides is 1. The van der Waals surface area contributed by atoms with Crippen molar-refractivity contribution in [3.8, 4) is 17.0 Å². The van der Waals surface area contributed by atoms with Crippen molar-refractivity contribution in [1.82, 2.24) is 5.16 Å². The number of alkyl halides is 1. The fourth-order valence-corrected chi connectivity index (χ4v) is 2.03. The topological polar surface area (TPSA) is 78.4 Å². The van der Waals surface area contributed by atoms with Gasteiger partial charge in [-0.15, -0.1) is 0 Å². The van der Waals surface area contributed by atoms with Gasteiger partial charge in [0, 0.05) is 22.5 Å². The zero-order valence-electron chi connectivity index (χ0n) is 10.4. The van der Waals surface area contributed by atoms with E-state index in [1.807, 2.05) is 0 Å². The molecule has 5 nitrogen and oxygen atoms in total. The van der Waals surface area contributed by atoms with E-state index in [9.17, 15) is 9.18 Å². The molecule has 1 aromatic heterocycles. The third-order valence-corrected chi connectivity index (χ3v) is 3.11. The molecule has 106 valence electrons. The van der Waals surface area contributed by atoms with E-state index in [2.05, 4.69) is 21.1 Å². The van der Waals surface area contributed by atoms with Crippen LogP contribution in [-0.4, -0.2) is 23.8 Å². The Morgan fingerprint density at radius 3 is 2.90 bits per heavy atom. The number of nitrogens with two attached hydrogens (primary N) is 1. The molecule has 2 N–H and O–H groups in total. The van der Waals surface area contributed by atoms with Gasteiger partial charge in [0.15, 0.2) is 6.10 Å². The summed E-state index contributed by atoms with van der Waals surface area (Å²) in [4.78, 5) is 11.2. The minimum atomic E-state index is -1.02. The summed E-state index contributed by atoms with van der Waals surface area (Å²) >= 11 is 3.34. The van der Waals surface area contributed by atoms with Crippen molar-refractivity contribution in [2.24, 2.45) is 5.73 Å². The SMILES string of the molecule is NC(=O)C(CCF)Oc1ccc(Br)cc1-c1ccon1. The average molecular weight is 343 g/mol. The molecule has 0 aliphatic heterocycles. The molecule has 0 spiro atoms. The van der Waals surface area contributed by atoms with Crippen LogP contribution in [0.5, 0.6) is 5.75 Å². The number of rotatable bonds is 6. The van der Waals surface area contributed by atoms with Gasteiger partial charge in [-0.05, 0) is 18.2 Å². The van der Waals surface area contributed by atoms with Crippen LogP contribution < -0.4 is 10.5 Å². The number of nitrogens with zero attached hydrogens (tertiary/aromatic N) is 1. The molecule has 1 amide bonds. The van der Waals surface area contributed by atoms with E-state index in [0.29, 0.717) is 17.0 Å². The maximum atomic E-state index is 12.4. The monoisotopic (exact) mass is 342 g/mol. The largest absolute Gasteiger partial charge is 0.480 e. The Bertz CT molecular complexity index is 589. The normalized spacial score (nSPS) is 12.1. The minimum absolute atomic E-state index is 0.0936. The predicted octanol–water partition coefficient (Wildman–Crippen LogP) is 2.70. The number of benzene rings is 1. The van der Waals surface area contributed by atoms with Crippen molar-refractivity contribution in [1.29, 1.82) is 0 Å². The summed E-state index contributed by atoms with van der Waals surface area (Å²) in [6.45, 7) is -0.691. The Morgan fingerprint density at radius 1 is 1.50 bits per heavy atom. The lowest BCUT2D eigenvalue weighted by Gasteiger charge is -2.17. The third-order valence-electron chi connectivity index (χ3n) is 2.61. The molecule has 2 aromatic rings. The molecule has 0 radical (unpaired) electrons. The number of hydrogen-bond donors (Lipinski definition) is 1. The number of aromatic nitrogens is 1. The van der Waals surface area contributed by atoms with E-state index in [4.69, 9.17) is 15.0 Å². The van der Waals surface area contributed by atoms with E-state index in [1.54, 1.807) is 24.3 Å². The number of carbonyl (C=O) groups is 1. The molecule has 0 saturated heterocycles. The van der Waals surface area contributed by atoms with Crippen molar-refractivity contribution in [3.05, 3.63) is 35.0 Å². The number of carbonyl (C=O) groups excluding carboxylic acids is 1. The molecule has 0 saturated carbocycles. The fourth-order valence-electron chi connectivity index (χ4n) is 1.67. The first-order valence-corrected chi connectivity index (χ1v) is 6.63. The van der Waals surface area contributed by atoms with Gasteiger partial charge in [-0.1, -0.05) is 21.1 Å².